The normalized spacial score (nSPS) is 24.9. The number of rotatable bonds is 2. The molecule has 0 radical (unpaired) electrons. The molecule has 2 atom stereocenters. The largest absolute Gasteiger partial charge is 0.444 e. The van der Waals surface area contributed by atoms with Gasteiger partial charge in [0, 0.05) is 12.8 Å². The summed E-state index contributed by atoms with van der Waals surface area (Å²) in [7, 11) is 0. The van der Waals surface area contributed by atoms with Crippen LogP contribution in [0.3, 0.4) is 0 Å². The average molecular weight is 245 g/mol. The molecule has 5 heteroatoms. The summed E-state index contributed by atoms with van der Waals surface area (Å²) in [5.41, 5.74) is -0.634. The molecular weight excluding hydrogens is 225 g/mol. The second-order valence-electron chi connectivity index (χ2n) is 5.30. The van der Waals surface area contributed by atoms with Crippen molar-refractivity contribution in [2.24, 2.45) is 0 Å². The van der Waals surface area contributed by atoms with E-state index in [0.29, 0.717) is 6.42 Å². The Morgan fingerprint density at radius 2 is 2.00 bits per heavy atom. The van der Waals surface area contributed by atoms with Crippen LogP contribution in [0.15, 0.2) is 0 Å². The molecule has 1 saturated heterocycles. The highest BCUT2D eigenvalue weighted by molar-refractivity contribution is 5.87. The minimum atomic E-state index is -1.14. The fraction of sp³-hybridized carbons (Fsp3) is 0.833. The highest BCUT2D eigenvalue weighted by Crippen LogP contribution is 2.24. The predicted molar refractivity (Wildman–Crippen MR) is 61.5 cm³/mol. The predicted octanol–water partition coefficient (Wildman–Crippen LogP) is 2.31. The van der Waals surface area contributed by atoms with Gasteiger partial charge in [0.15, 0.2) is 5.78 Å². The standard InChI is InChI=1S/C12H20FNO3/c1-5-10(15)9-6-8(13)7-14(9)11(16)17-12(2,3)4/h8-9H,5-7H2,1-4H3/t8-,9+/m0/s1. The fourth-order valence-corrected chi connectivity index (χ4v) is 1.85. The van der Waals surface area contributed by atoms with Gasteiger partial charge in [-0.25, -0.2) is 9.18 Å². The third-order valence-electron chi connectivity index (χ3n) is 2.60. The molecule has 0 spiro atoms. The first-order chi connectivity index (χ1) is 7.74. The number of carbonyl (C=O) groups excluding carboxylic acids is 2. The van der Waals surface area contributed by atoms with E-state index in [1.165, 1.54) is 4.90 Å². The molecule has 17 heavy (non-hydrogen) atoms. The Balaban J connectivity index is 2.73. The van der Waals surface area contributed by atoms with Gasteiger partial charge in [0.2, 0.25) is 0 Å². The quantitative estimate of drug-likeness (QED) is 0.750. The molecule has 0 N–H and O–H groups in total. The molecule has 0 aliphatic carbocycles. The summed E-state index contributed by atoms with van der Waals surface area (Å²) in [6.45, 7) is 6.88. The molecule has 1 fully saturated rings. The SMILES string of the molecule is CCC(=O)[C@H]1C[C@H](F)CN1C(=O)OC(C)(C)C. The van der Waals surface area contributed by atoms with Crippen LogP contribution < -0.4 is 0 Å². The maximum atomic E-state index is 13.3. The smallest absolute Gasteiger partial charge is 0.411 e. The van der Waals surface area contributed by atoms with E-state index in [1.54, 1.807) is 27.7 Å². The number of halogens is 1. The fourth-order valence-electron chi connectivity index (χ4n) is 1.85. The maximum absolute atomic E-state index is 13.3. The van der Waals surface area contributed by atoms with Gasteiger partial charge in [-0.3, -0.25) is 9.69 Å². The molecule has 0 bridgehead atoms. The second kappa shape index (κ2) is 5.02. The Kier molecular flexibility index (Phi) is 4.11. The van der Waals surface area contributed by atoms with Crippen molar-refractivity contribution in [2.75, 3.05) is 6.54 Å². The summed E-state index contributed by atoms with van der Waals surface area (Å²) in [5.74, 6) is -0.115. The molecule has 98 valence electrons. The zero-order chi connectivity index (χ0) is 13.2. The Labute approximate surface area is 101 Å². The van der Waals surface area contributed by atoms with E-state index in [1.807, 2.05) is 0 Å². The van der Waals surface area contributed by atoms with Crippen LogP contribution in [0.2, 0.25) is 0 Å². The summed E-state index contributed by atoms with van der Waals surface area (Å²) in [6, 6.07) is -0.662. The number of likely N-dealkylation sites (tertiary alicyclic amines) is 1. The van der Waals surface area contributed by atoms with Gasteiger partial charge >= 0.3 is 6.09 Å². The molecule has 0 aromatic heterocycles. The molecule has 1 amide bonds. The average Bonchev–Trinajstić information content (AvgIpc) is 2.56. The number of nitrogens with zero attached hydrogens (tertiary/aromatic N) is 1. The Hall–Kier alpha value is -1.13. The van der Waals surface area contributed by atoms with Gasteiger partial charge in [-0.05, 0) is 20.8 Å². The third-order valence-corrected chi connectivity index (χ3v) is 2.60. The van der Waals surface area contributed by atoms with Crippen molar-refractivity contribution in [1.82, 2.24) is 4.90 Å². The molecule has 0 aromatic rings. The molecule has 4 nitrogen and oxygen atoms in total. The lowest BCUT2D eigenvalue weighted by Gasteiger charge is -2.27. The number of carbonyl (C=O) groups is 2. The minimum Gasteiger partial charge on any atom is -0.444 e. The van der Waals surface area contributed by atoms with Crippen molar-refractivity contribution in [2.45, 2.75) is 58.4 Å². The number of ether oxygens (including phenoxy) is 1. The van der Waals surface area contributed by atoms with Gasteiger partial charge in [0.1, 0.15) is 11.8 Å². The first-order valence-electron chi connectivity index (χ1n) is 5.91. The molecule has 0 saturated carbocycles. The number of hydrogen-bond acceptors (Lipinski definition) is 3. The van der Waals surface area contributed by atoms with E-state index in [-0.39, 0.29) is 18.7 Å². The van der Waals surface area contributed by atoms with Gasteiger partial charge in [0.05, 0.1) is 12.6 Å². The zero-order valence-electron chi connectivity index (χ0n) is 10.8. The highest BCUT2D eigenvalue weighted by Gasteiger charge is 2.40. The van der Waals surface area contributed by atoms with E-state index < -0.39 is 23.9 Å². The van der Waals surface area contributed by atoms with Crippen LogP contribution in [0.5, 0.6) is 0 Å². The second-order valence-corrected chi connectivity index (χ2v) is 5.30. The number of ketones is 1. The molecule has 1 rings (SSSR count). The summed E-state index contributed by atoms with van der Waals surface area (Å²) < 4.78 is 18.5. The van der Waals surface area contributed by atoms with E-state index in [9.17, 15) is 14.0 Å². The van der Waals surface area contributed by atoms with E-state index in [4.69, 9.17) is 4.74 Å². The topological polar surface area (TPSA) is 46.6 Å². The Morgan fingerprint density at radius 3 is 2.47 bits per heavy atom. The molecule has 1 aliphatic rings. The Morgan fingerprint density at radius 1 is 1.41 bits per heavy atom. The highest BCUT2D eigenvalue weighted by atomic mass is 19.1. The number of amides is 1. The van der Waals surface area contributed by atoms with Crippen molar-refractivity contribution in [3.8, 4) is 0 Å². The minimum absolute atomic E-state index is 0.0503. The van der Waals surface area contributed by atoms with E-state index in [2.05, 4.69) is 0 Å². The zero-order valence-corrected chi connectivity index (χ0v) is 10.8. The lowest BCUT2D eigenvalue weighted by molar-refractivity contribution is -0.123. The van der Waals surface area contributed by atoms with Crippen LogP contribution in [0.4, 0.5) is 9.18 Å². The first kappa shape index (κ1) is 13.9. The number of hydrogen-bond donors (Lipinski definition) is 0. The van der Waals surface area contributed by atoms with Crippen LogP contribution >= 0.6 is 0 Å². The van der Waals surface area contributed by atoms with Gasteiger partial charge in [-0.2, -0.15) is 0 Å². The third kappa shape index (κ3) is 3.68. The maximum Gasteiger partial charge on any atom is 0.411 e. The van der Waals surface area contributed by atoms with Gasteiger partial charge in [-0.15, -0.1) is 0 Å². The summed E-state index contributed by atoms with van der Waals surface area (Å²) >= 11 is 0. The molecule has 0 aromatic carbocycles. The van der Waals surface area contributed by atoms with Crippen molar-refractivity contribution in [3.05, 3.63) is 0 Å². The van der Waals surface area contributed by atoms with Crippen molar-refractivity contribution in [3.63, 3.8) is 0 Å². The Bertz CT molecular complexity index is 311. The van der Waals surface area contributed by atoms with Crippen LogP contribution in [0, 0.1) is 0 Å². The molecule has 1 aliphatic heterocycles. The summed E-state index contributed by atoms with van der Waals surface area (Å²) in [6.07, 6.45) is -1.35. The van der Waals surface area contributed by atoms with Crippen LogP contribution in [0.1, 0.15) is 40.5 Å². The lowest BCUT2D eigenvalue weighted by Crippen LogP contribution is -2.43. The van der Waals surface area contributed by atoms with Gasteiger partial charge < -0.3 is 4.74 Å². The van der Waals surface area contributed by atoms with E-state index >= 15 is 0 Å². The van der Waals surface area contributed by atoms with E-state index in [0.717, 1.165) is 0 Å². The van der Waals surface area contributed by atoms with Crippen molar-refractivity contribution in [1.29, 1.82) is 0 Å². The van der Waals surface area contributed by atoms with Gasteiger partial charge in [0.25, 0.3) is 0 Å². The first-order valence-corrected chi connectivity index (χ1v) is 5.91. The lowest BCUT2D eigenvalue weighted by atomic mass is 10.1. The van der Waals surface area contributed by atoms with Gasteiger partial charge in [-0.1, -0.05) is 6.92 Å². The van der Waals surface area contributed by atoms with Crippen LogP contribution in [0.25, 0.3) is 0 Å². The summed E-state index contributed by atoms with van der Waals surface area (Å²) in [4.78, 5) is 24.7. The summed E-state index contributed by atoms with van der Waals surface area (Å²) in [5, 5.41) is 0. The molecule has 1 heterocycles. The molecular formula is C12H20FNO3. The van der Waals surface area contributed by atoms with Crippen LogP contribution in [-0.2, 0) is 9.53 Å². The van der Waals surface area contributed by atoms with Crippen LogP contribution in [-0.4, -0.2) is 41.1 Å². The van der Waals surface area contributed by atoms with Crippen molar-refractivity contribution < 1.29 is 18.7 Å². The monoisotopic (exact) mass is 245 g/mol. The molecule has 0 unspecified atom stereocenters. The number of alkyl halides is 1. The van der Waals surface area contributed by atoms with Crippen molar-refractivity contribution >= 4 is 11.9 Å². The number of Topliss-reactive ketones (excluding diaryl/α,β-unsaturated/α-hetero) is 1.